The first-order valence-corrected chi connectivity index (χ1v) is 8.43. The second-order valence-electron chi connectivity index (χ2n) is 5.48. The molecule has 116 valence electrons. The highest BCUT2D eigenvalue weighted by atomic mass is 35.5. The lowest BCUT2D eigenvalue weighted by Crippen LogP contribution is -2.40. The Balaban J connectivity index is 1.95. The summed E-state index contributed by atoms with van der Waals surface area (Å²) in [7, 11) is 0. The fourth-order valence-corrected chi connectivity index (χ4v) is 3.90. The van der Waals surface area contributed by atoms with E-state index in [0.717, 1.165) is 28.4 Å². The largest absolute Gasteiger partial charge is 0.385 e. The predicted molar refractivity (Wildman–Crippen MR) is 88.0 cm³/mol. The summed E-state index contributed by atoms with van der Waals surface area (Å²) < 4.78 is 13.7. The third-order valence-corrected chi connectivity index (χ3v) is 5.23. The molecule has 0 radical (unpaired) electrons. The molecule has 0 aromatic heterocycles. The van der Waals surface area contributed by atoms with Crippen molar-refractivity contribution in [1.29, 1.82) is 0 Å². The molecule has 2 aromatic rings. The third-order valence-electron chi connectivity index (χ3n) is 3.92. The summed E-state index contributed by atoms with van der Waals surface area (Å²) in [6, 6.07) is 12.0. The number of hydrogen-bond donors (Lipinski definition) is 2. The Kier molecular flexibility index (Phi) is 4.73. The molecule has 22 heavy (non-hydrogen) atoms. The van der Waals surface area contributed by atoms with Crippen molar-refractivity contribution in [2.24, 2.45) is 0 Å². The second kappa shape index (κ2) is 6.59. The van der Waals surface area contributed by atoms with Crippen molar-refractivity contribution >= 4 is 23.4 Å². The molecule has 0 unspecified atom stereocenters. The molecule has 5 heteroatoms. The lowest BCUT2D eigenvalue weighted by molar-refractivity contribution is 0.00343. The fourth-order valence-electron chi connectivity index (χ4n) is 2.70. The molecule has 1 saturated heterocycles. The van der Waals surface area contributed by atoms with Crippen molar-refractivity contribution in [1.82, 2.24) is 5.32 Å². The van der Waals surface area contributed by atoms with E-state index in [4.69, 9.17) is 11.6 Å². The molecule has 0 bridgehead atoms. The zero-order valence-corrected chi connectivity index (χ0v) is 13.6. The Morgan fingerprint density at radius 2 is 1.77 bits per heavy atom. The number of hydrogen-bond acceptors (Lipinski definition) is 3. The Morgan fingerprint density at radius 3 is 2.45 bits per heavy atom. The molecular formula is C17H17ClFNOS. The van der Waals surface area contributed by atoms with Crippen LogP contribution < -0.4 is 5.32 Å². The van der Waals surface area contributed by atoms with Crippen molar-refractivity contribution in [3.63, 3.8) is 0 Å². The van der Waals surface area contributed by atoms with Gasteiger partial charge in [-0.15, -0.1) is 0 Å². The van der Waals surface area contributed by atoms with Gasteiger partial charge >= 0.3 is 0 Å². The molecule has 1 fully saturated rings. The Hall–Kier alpha value is -1.07. The summed E-state index contributed by atoms with van der Waals surface area (Å²) in [5.41, 5.74) is -0.0939. The number of halogens is 2. The highest BCUT2D eigenvalue weighted by Crippen LogP contribution is 2.40. The van der Waals surface area contributed by atoms with Crippen molar-refractivity contribution < 1.29 is 9.50 Å². The van der Waals surface area contributed by atoms with Crippen molar-refractivity contribution in [3.05, 3.63) is 58.9 Å². The topological polar surface area (TPSA) is 32.3 Å². The maximum atomic E-state index is 13.7. The number of benzene rings is 2. The minimum atomic E-state index is -0.895. The van der Waals surface area contributed by atoms with Crippen molar-refractivity contribution in [2.75, 3.05) is 13.1 Å². The van der Waals surface area contributed by atoms with Gasteiger partial charge in [0.15, 0.2) is 0 Å². The van der Waals surface area contributed by atoms with Crippen LogP contribution in [0.15, 0.2) is 52.3 Å². The van der Waals surface area contributed by atoms with Crippen LogP contribution in [0.5, 0.6) is 0 Å². The zero-order chi connectivity index (χ0) is 15.6. The number of aliphatic hydroxyl groups is 1. The normalized spacial score (nSPS) is 17.4. The zero-order valence-electron chi connectivity index (χ0n) is 12.0. The quantitative estimate of drug-likeness (QED) is 0.880. The minimum absolute atomic E-state index is 0.294. The second-order valence-corrected chi connectivity index (χ2v) is 7.03. The molecular weight excluding hydrogens is 321 g/mol. The molecule has 0 spiro atoms. The highest BCUT2D eigenvalue weighted by molar-refractivity contribution is 7.99. The van der Waals surface area contributed by atoms with Gasteiger partial charge in [0.1, 0.15) is 5.82 Å². The molecule has 1 heterocycles. The number of nitrogens with one attached hydrogen (secondary N) is 1. The fraction of sp³-hybridized carbons (Fsp3) is 0.294. The first kappa shape index (κ1) is 15.8. The van der Waals surface area contributed by atoms with Crippen LogP contribution in [0.4, 0.5) is 4.39 Å². The highest BCUT2D eigenvalue weighted by Gasteiger charge is 2.33. The lowest BCUT2D eigenvalue weighted by atomic mass is 9.85. The summed E-state index contributed by atoms with van der Waals surface area (Å²) >= 11 is 7.35. The van der Waals surface area contributed by atoms with E-state index in [9.17, 15) is 9.50 Å². The van der Waals surface area contributed by atoms with Crippen LogP contribution in [0.25, 0.3) is 0 Å². The number of rotatable bonds is 3. The van der Waals surface area contributed by atoms with Gasteiger partial charge in [-0.1, -0.05) is 29.4 Å². The van der Waals surface area contributed by atoms with Gasteiger partial charge < -0.3 is 10.4 Å². The van der Waals surface area contributed by atoms with E-state index in [1.807, 2.05) is 24.3 Å². The first-order chi connectivity index (χ1) is 10.6. The Bertz CT molecular complexity index is 656. The van der Waals surface area contributed by atoms with Crippen LogP contribution in [0.3, 0.4) is 0 Å². The van der Waals surface area contributed by atoms with E-state index in [2.05, 4.69) is 5.32 Å². The van der Waals surface area contributed by atoms with Crippen LogP contribution in [-0.4, -0.2) is 18.2 Å². The Labute approximate surface area is 138 Å². The lowest BCUT2D eigenvalue weighted by Gasteiger charge is -2.34. The molecule has 2 N–H and O–H groups in total. The van der Waals surface area contributed by atoms with E-state index < -0.39 is 5.60 Å². The molecule has 3 rings (SSSR count). The van der Waals surface area contributed by atoms with Gasteiger partial charge in [0.2, 0.25) is 0 Å². The van der Waals surface area contributed by atoms with Crippen LogP contribution in [0.1, 0.15) is 18.4 Å². The number of piperidine rings is 1. The summed E-state index contributed by atoms with van der Waals surface area (Å²) in [4.78, 5) is 1.72. The Morgan fingerprint density at radius 1 is 1.09 bits per heavy atom. The smallest absolute Gasteiger partial charge is 0.124 e. The predicted octanol–water partition coefficient (Wildman–Crippen LogP) is 4.20. The van der Waals surface area contributed by atoms with Gasteiger partial charge in [0.25, 0.3) is 0 Å². The molecule has 0 amide bonds. The summed E-state index contributed by atoms with van der Waals surface area (Å²) in [5.74, 6) is -0.294. The monoisotopic (exact) mass is 337 g/mol. The molecule has 2 nitrogen and oxygen atoms in total. The minimum Gasteiger partial charge on any atom is -0.385 e. The summed E-state index contributed by atoms with van der Waals surface area (Å²) in [6.45, 7) is 1.53. The van der Waals surface area contributed by atoms with E-state index >= 15 is 0 Å². The van der Waals surface area contributed by atoms with Gasteiger partial charge in [0, 0.05) is 14.8 Å². The summed E-state index contributed by atoms with van der Waals surface area (Å²) in [5, 5.41) is 14.8. The van der Waals surface area contributed by atoms with E-state index in [0.29, 0.717) is 17.9 Å². The SMILES string of the molecule is OC1(c2ccc(F)cc2Sc2ccc(Cl)cc2)CCNCC1. The molecule has 2 aromatic carbocycles. The third kappa shape index (κ3) is 3.46. The van der Waals surface area contributed by atoms with E-state index in [-0.39, 0.29) is 5.82 Å². The summed E-state index contributed by atoms with van der Waals surface area (Å²) in [6.07, 6.45) is 1.26. The first-order valence-electron chi connectivity index (χ1n) is 7.23. The van der Waals surface area contributed by atoms with Crippen molar-refractivity contribution in [3.8, 4) is 0 Å². The molecule has 0 aliphatic carbocycles. The molecule has 0 saturated carbocycles. The molecule has 1 aliphatic heterocycles. The maximum absolute atomic E-state index is 13.7. The van der Waals surface area contributed by atoms with Gasteiger partial charge in [-0.3, -0.25) is 0 Å². The van der Waals surface area contributed by atoms with Crippen LogP contribution >= 0.6 is 23.4 Å². The van der Waals surface area contributed by atoms with Crippen LogP contribution in [0, 0.1) is 5.82 Å². The average Bonchev–Trinajstić information content (AvgIpc) is 2.50. The van der Waals surface area contributed by atoms with E-state index in [1.54, 1.807) is 6.07 Å². The standard InChI is InChI=1S/C17H17ClFNOS/c18-12-1-4-14(5-2-12)22-16-11-13(19)3-6-15(16)17(21)7-9-20-10-8-17/h1-6,11,20-21H,7-10H2. The molecule has 0 atom stereocenters. The van der Waals surface area contributed by atoms with Gasteiger partial charge in [-0.05, 0) is 67.9 Å². The average molecular weight is 338 g/mol. The van der Waals surface area contributed by atoms with Crippen molar-refractivity contribution in [2.45, 2.75) is 28.2 Å². The van der Waals surface area contributed by atoms with E-state index in [1.165, 1.54) is 23.9 Å². The van der Waals surface area contributed by atoms with Crippen LogP contribution in [-0.2, 0) is 5.60 Å². The van der Waals surface area contributed by atoms with Crippen LogP contribution in [0.2, 0.25) is 5.02 Å². The van der Waals surface area contributed by atoms with Gasteiger partial charge in [-0.25, -0.2) is 4.39 Å². The van der Waals surface area contributed by atoms with Gasteiger partial charge in [0.05, 0.1) is 5.60 Å². The molecule has 1 aliphatic rings. The van der Waals surface area contributed by atoms with Gasteiger partial charge in [-0.2, -0.15) is 0 Å². The maximum Gasteiger partial charge on any atom is 0.124 e.